The Bertz CT molecular complexity index is 1060. The molecular formula is C21H22ClFN4O3. The Morgan fingerprint density at radius 1 is 1.23 bits per heavy atom. The van der Waals surface area contributed by atoms with Gasteiger partial charge in [0.15, 0.2) is 16.6 Å². The van der Waals surface area contributed by atoms with Crippen LogP contribution in [-0.2, 0) is 20.8 Å². The van der Waals surface area contributed by atoms with Crippen LogP contribution in [0.2, 0.25) is 5.15 Å². The Morgan fingerprint density at radius 2 is 2.03 bits per heavy atom. The standard InChI is InChI=1S/C21H22ClFN4O3/c1-20(2)29-15-8-14(23)17(27-12-26-16-18(22)24-11-25-19(16)27)21(15,30-20)10-28-9-13-6-4-3-5-7-13/h3-7,11-12,14-15,17H,8-10H2,1-2H3/t14-,15-,17-,21+/m1/s1. The lowest BCUT2D eigenvalue weighted by atomic mass is 9.95. The maximum atomic E-state index is 15.4. The van der Waals surface area contributed by atoms with Gasteiger partial charge in [-0.15, -0.1) is 0 Å². The van der Waals surface area contributed by atoms with Crippen LogP contribution in [0.1, 0.15) is 31.9 Å². The van der Waals surface area contributed by atoms with Gasteiger partial charge in [-0.05, 0) is 19.4 Å². The van der Waals surface area contributed by atoms with E-state index in [1.807, 2.05) is 44.2 Å². The van der Waals surface area contributed by atoms with Crippen molar-refractivity contribution >= 4 is 22.8 Å². The van der Waals surface area contributed by atoms with E-state index in [1.54, 1.807) is 10.9 Å². The van der Waals surface area contributed by atoms with Crippen LogP contribution in [0, 0.1) is 0 Å². The lowest BCUT2D eigenvalue weighted by Gasteiger charge is -2.35. The zero-order valence-corrected chi connectivity index (χ0v) is 17.4. The average Bonchev–Trinajstić information content (AvgIpc) is 3.30. The molecule has 4 atom stereocenters. The highest BCUT2D eigenvalue weighted by molar-refractivity contribution is 6.33. The quantitative estimate of drug-likeness (QED) is 0.570. The second-order valence-electron chi connectivity index (χ2n) is 8.23. The molecule has 3 aromatic rings. The van der Waals surface area contributed by atoms with Crippen molar-refractivity contribution in [2.45, 2.75) is 56.6 Å². The van der Waals surface area contributed by atoms with Gasteiger partial charge in [0.2, 0.25) is 0 Å². The summed E-state index contributed by atoms with van der Waals surface area (Å²) in [7, 11) is 0. The number of fused-ring (bicyclic) bond motifs is 2. The fourth-order valence-corrected chi connectivity index (χ4v) is 4.85. The number of benzene rings is 1. The molecule has 0 spiro atoms. The maximum absolute atomic E-state index is 15.4. The minimum absolute atomic E-state index is 0.166. The van der Waals surface area contributed by atoms with E-state index in [2.05, 4.69) is 15.0 Å². The second kappa shape index (κ2) is 7.23. The molecule has 1 aliphatic heterocycles. The molecule has 1 aromatic carbocycles. The Morgan fingerprint density at radius 3 is 2.83 bits per heavy atom. The van der Waals surface area contributed by atoms with E-state index in [4.69, 9.17) is 25.8 Å². The number of imidazole rings is 1. The molecule has 0 bridgehead atoms. The molecule has 3 heterocycles. The van der Waals surface area contributed by atoms with Gasteiger partial charge < -0.3 is 18.8 Å². The molecule has 7 nitrogen and oxygen atoms in total. The number of ether oxygens (including phenoxy) is 3. The number of halogens is 2. The van der Waals surface area contributed by atoms with Gasteiger partial charge in [-0.2, -0.15) is 0 Å². The lowest BCUT2D eigenvalue weighted by molar-refractivity contribution is -0.193. The molecule has 1 aliphatic carbocycles. The molecule has 5 rings (SSSR count). The van der Waals surface area contributed by atoms with Gasteiger partial charge in [-0.1, -0.05) is 41.9 Å². The predicted molar refractivity (Wildman–Crippen MR) is 108 cm³/mol. The minimum atomic E-state index is -1.22. The first-order valence-corrected chi connectivity index (χ1v) is 10.2. The summed E-state index contributed by atoms with van der Waals surface area (Å²) in [4.78, 5) is 12.6. The highest BCUT2D eigenvalue weighted by Gasteiger charge is 2.66. The van der Waals surface area contributed by atoms with Gasteiger partial charge >= 0.3 is 0 Å². The van der Waals surface area contributed by atoms with Crippen molar-refractivity contribution in [2.75, 3.05) is 6.61 Å². The molecule has 158 valence electrons. The molecule has 1 saturated heterocycles. The van der Waals surface area contributed by atoms with Crippen LogP contribution in [0.5, 0.6) is 0 Å². The molecule has 2 aromatic heterocycles. The number of hydrogen-bond donors (Lipinski definition) is 0. The fraction of sp³-hybridized carbons (Fsp3) is 0.476. The van der Waals surface area contributed by atoms with Crippen LogP contribution in [-0.4, -0.2) is 49.8 Å². The lowest BCUT2D eigenvalue weighted by Crippen LogP contribution is -2.48. The maximum Gasteiger partial charge on any atom is 0.165 e. The van der Waals surface area contributed by atoms with E-state index in [-0.39, 0.29) is 18.2 Å². The van der Waals surface area contributed by atoms with E-state index in [0.29, 0.717) is 17.8 Å². The van der Waals surface area contributed by atoms with E-state index in [9.17, 15) is 0 Å². The summed E-state index contributed by atoms with van der Waals surface area (Å²) in [6.45, 7) is 4.22. The van der Waals surface area contributed by atoms with Crippen molar-refractivity contribution in [3.63, 3.8) is 0 Å². The van der Waals surface area contributed by atoms with Gasteiger partial charge in [-0.3, -0.25) is 0 Å². The first-order valence-electron chi connectivity index (χ1n) is 9.86. The summed E-state index contributed by atoms with van der Waals surface area (Å²) >= 11 is 6.15. The van der Waals surface area contributed by atoms with Gasteiger partial charge in [0.1, 0.15) is 29.7 Å². The third-order valence-corrected chi connectivity index (χ3v) is 6.02. The second-order valence-corrected chi connectivity index (χ2v) is 8.58. The van der Waals surface area contributed by atoms with Gasteiger partial charge in [0, 0.05) is 6.42 Å². The Kier molecular flexibility index (Phi) is 4.77. The van der Waals surface area contributed by atoms with Crippen LogP contribution in [0.3, 0.4) is 0 Å². The van der Waals surface area contributed by atoms with Gasteiger partial charge in [0.05, 0.1) is 25.6 Å². The van der Waals surface area contributed by atoms with Crippen molar-refractivity contribution in [3.05, 3.63) is 53.7 Å². The smallest absolute Gasteiger partial charge is 0.165 e. The fourth-order valence-electron chi connectivity index (χ4n) is 4.67. The van der Waals surface area contributed by atoms with Crippen molar-refractivity contribution in [2.24, 2.45) is 0 Å². The first-order chi connectivity index (χ1) is 14.4. The third kappa shape index (κ3) is 3.19. The van der Waals surface area contributed by atoms with Crippen molar-refractivity contribution < 1.29 is 18.6 Å². The zero-order chi connectivity index (χ0) is 20.9. The number of nitrogens with zero attached hydrogens (tertiary/aromatic N) is 4. The summed E-state index contributed by atoms with van der Waals surface area (Å²) in [5.41, 5.74) is 0.887. The average molecular weight is 433 g/mol. The molecule has 0 amide bonds. The monoisotopic (exact) mass is 432 g/mol. The zero-order valence-electron chi connectivity index (χ0n) is 16.7. The molecular weight excluding hydrogens is 411 g/mol. The molecule has 30 heavy (non-hydrogen) atoms. The van der Waals surface area contributed by atoms with E-state index in [1.165, 1.54) is 6.33 Å². The van der Waals surface area contributed by atoms with Crippen molar-refractivity contribution in [1.29, 1.82) is 0 Å². The van der Waals surface area contributed by atoms with Gasteiger partial charge in [-0.25, -0.2) is 19.3 Å². The van der Waals surface area contributed by atoms with Gasteiger partial charge in [0.25, 0.3) is 0 Å². The summed E-state index contributed by atoms with van der Waals surface area (Å²) < 4.78 is 35.6. The van der Waals surface area contributed by atoms with Crippen molar-refractivity contribution in [3.8, 4) is 0 Å². The highest BCUT2D eigenvalue weighted by Crippen LogP contribution is 2.53. The van der Waals surface area contributed by atoms with Crippen molar-refractivity contribution in [1.82, 2.24) is 19.5 Å². The van der Waals surface area contributed by atoms with Crippen LogP contribution in [0.4, 0.5) is 4.39 Å². The molecule has 0 N–H and O–H groups in total. The van der Waals surface area contributed by atoms with E-state index < -0.39 is 29.7 Å². The summed E-state index contributed by atoms with van der Waals surface area (Å²) in [5, 5.41) is 0.224. The molecule has 0 radical (unpaired) electrons. The first kappa shape index (κ1) is 19.8. The van der Waals surface area contributed by atoms with E-state index >= 15 is 4.39 Å². The van der Waals surface area contributed by atoms with Crippen LogP contribution < -0.4 is 0 Å². The summed E-state index contributed by atoms with van der Waals surface area (Å²) in [5.74, 6) is -0.859. The predicted octanol–water partition coefficient (Wildman–Crippen LogP) is 3.87. The topological polar surface area (TPSA) is 71.3 Å². The summed E-state index contributed by atoms with van der Waals surface area (Å²) in [6, 6.07) is 9.10. The van der Waals surface area contributed by atoms with Crippen LogP contribution >= 0.6 is 11.6 Å². The molecule has 2 fully saturated rings. The number of alkyl halides is 1. The molecule has 1 saturated carbocycles. The molecule has 2 aliphatic rings. The Hall–Kier alpha value is -2.13. The molecule has 9 heteroatoms. The largest absolute Gasteiger partial charge is 0.374 e. The highest BCUT2D eigenvalue weighted by atomic mass is 35.5. The minimum Gasteiger partial charge on any atom is -0.374 e. The number of rotatable bonds is 5. The number of aromatic nitrogens is 4. The van der Waals surface area contributed by atoms with Crippen LogP contribution in [0.15, 0.2) is 43.0 Å². The van der Waals surface area contributed by atoms with E-state index in [0.717, 1.165) is 5.56 Å². The van der Waals surface area contributed by atoms with Crippen LogP contribution in [0.25, 0.3) is 11.2 Å². The Labute approximate surface area is 178 Å². The molecule has 0 unspecified atom stereocenters. The SMILES string of the molecule is CC1(C)O[C@@H]2C[C@@H](F)[C@@H](n3cnc4c(Cl)ncnc43)[C@@]2(COCc2ccccc2)O1. The summed E-state index contributed by atoms with van der Waals surface area (Å²) in [6.07, 6.45) is 1.40. The normalized spacial score (nSPS) is 30.1. The third-order valence-electron chi connectivity index (χ3n) is 5.74. The number of hydrogen-bond acceptors (Lipinski definition) is 6. The Balaban J connectivity index is 1.51.